The summed E-state index contributed by atoms with van der Waals surface area (Å²) >= 11 is 2.89. The average molecular weight is 332 g/mol. The maximum absolute atomic E-state index is 10.6. The highest BCUT2D eigenvalue weighted by atomic mass is 32.1. The predicted octanol–water partition coefficient (Wildman–Crippen LogP) is 2.77. The summed E-state index contributed by atoms with van der Waals surface area (Å²) in [6.07, 6.45) is 4.55. The van der Waals surface area contributed by atoms with Gasteiger partial charge in [-0.2, -0.15) is 5.10 Å². The van der Waals surface area contributed by atoms with Gasteiger partial charge in [0.05, 0.1) is 4.92 Å². The van der Waals surface area contributed by atoms with E-state index in [0.29, 0.717) is 11.5 Å². The lowest BCUT2D eigenvalue weighted by Crippen LogP contribution is -2.06. The number of rotatable bonds is 5. The van der Waals surface area contributed by atoms with Gasteiger partial charge in [0, 0.05) is 29.2 Å². The quantitative estimate of drug-likeness (QED) is 0.437. The molecule has 0 bridgehead atoms. The Balaban J connectivity index is 1.86. The second-order valence-corrected chi connectivity index (χ2v) is 5.69. The molecule has 3 aromatic rings. The molecule has 0 saturated heterocycles. The van der Waals surface area contributed by atoms with Crippen LogP contribution in [0, 0.1) is 10.1 Å². The summed E-state index contributed by atoms with van der Waals surface area (Å²) in [7, 11) is 0. The lowest BCUT2D eigenvalue weighted by molar-refractivity contribution is -0.385. The molecule has 0 aliphatic heterocycles. The maximum atomic E-state index is 10.6. The third-order valence-corrected chi connectivity index (χ3v) is 4.07. The lowest BCUT2D eigenvalue weighted by Gasteiger charge is -2.02. The molecule has 0 aliphatic rings. The van der Waals surface area contributed by atoms with Crippen LogP contribution in [0.2, 0.25) is 0 Å². The molecule has 8 nitrogen and oxygen atoms in total. The zero-order chi connectivity index (χ0) is 15.4. The zero-order valence-electron chi connectivity index (χ0n) is 10.9. The summed E-state index contributed by atoms with van der Waals surface area (Å²) in [5, 5.41) is 20.0. The van der Waals surface area contributed by atoms with Gasteiger partial charge in [0.15, 0.2) is 5.71 Å². The second-order valence-electron chi connectivity index (χ2n) is 3.91. The van der Waals surface area contributed by atoms with Crippen molar-refractivity contribution in [1.29, 1.82) is 0 Å². The molecule has 1 N–H and O–H groups in total. The van der Waals surface area contributed by atoms with E-state index in [-0.39, 0.29) is 5.69 Å². The molecule has 3 rings (SSSR count). The first kappa shape index (κ1) is 14.2. The second kappa shape index (κ2) is 6.37. The molecule has 0 amide bonds. The molecular weight excluding hydrogens is 324 g/mol. The third-order valence-electron chi connectivity index (χ3n) is 2.51. The lowest BCUT2D eigenvalue weighted by atomic mass is 10.4. The molecule has 22 heavy (non-hydrogen) atoms. The monoisotopic (exact) mass is 332 g/mol. The van der Waals surface area contributed by atoms with Crippen LogP contribution < -0.4 is 5.43 Å². The zero-order valence-corrected chi connectivity index (χ0v) is 12.5. The summed E-state index contributed by atoms with van der Waals surface area (Å²) in [5.74, 6) is 0.399. The van der Waals surface area contributed by atoms with Crippen LogP contribution in [0.4, 0.5) is 11.5 Å². The van der Waals surface area contributed by atoms with Crippen molar-refractivity contribution in [3.05, 3.63) is 61.6 Å². The number of thiazole rings is 2. The van der Waals surface area contributed by atoms with Gasteiger partial charge in [0.1, 0.15) is 22.0 Å². The van der Waals surface area contributed by atoms with E-state index < -0.39 is 4.92 Å². The number of aromatic nitrogens is 3. The average Bonchev–Trinajstić information content (AvgIpc) is 3.22. The van der Waals surface area contributed by atoms with E-state index in [4.69, 9.17) is 0 Å². The largest absolute Gasteiger partial charge is 0.287 e. The van der Waals surface area contributed by atoms with Gasteiger partial charge in [-0.15, -0.1) is 22.7 Å². The first-order chi connectivity index (χ1) is 10.7. The van der Waals surface area contributed by atoms with Crippen LogP contribution in [0.25, 0.3) is 0 Å². The fourth-order valence-electron chi connectivity index (χ4n) is 1.54. The van der Waals surface area contributed by atoms with Crippen molar-refractivity contribution < 1.29 is 4.92 Å². The molecule has 0 saturated carbocycles. The molecule has 0 spiro atoms. The summed E-state index contributed by atoms with van der Waals surface area (Å²) in [4.78, 5) is 22.5. The van der Waals surface area contributed by atoms with Gasteiger partial charge in [0.25, 0.3) is 5.69 Å². The van der Waals surface area contributed by atoms with Crippen molar-refractivity contribution in [3.63, 3.8) is 0 Å². The Labute approximate surface area is 132 Å². The molecule has 10 heteroatoms. The highest BCUT2D eigenvalue weighted by molar-refractivity contribution is 7.15. The normalized spacial score (nSPS) is 10.2. The van der Waals surface area contributed by atoms with E-state index in [1.54, 1.807) is 12.4 Å². The number of nitrogens with zero attached hydrogens (tertiary/aromatic N) is 5. The van der Waals surface area contributed by atoms with Gasteiger partial charge in [0.2, 0.25) is 0 Å². The molecule has 3 heterocycles. The summed E-state index contributed by atoms with van der Waals surface area (Å²) in [5.41, 5.74) is 3.30. The van der Waals surface area contributed by atoms with Gasteiger partial charge in [-0.25, -0.2) is 15.0 Å². The van der Waals surface area contributed by atoms with Gasteiger partial charge < -0.3 is 0 Å². The van der Waals surface area contributed by atoms with Crippen LogP contribution >= 0.6 is 22.7 Å². The van der Waals surface area contributed by atoms with Crippen LogP contribution in [0.15, 0.2) is 46.6 Å². The fraction of sp³-hybridized carbons (Fsp3) is 0. The summed E-state index contributed by atoms with van der Waals surface area (Å²) in [6, 6.07) is 2.85. The van der Waals surface area contributed by atoms with Crippen LogP contribution in [0.5, 0.6) is 0 Å². The fourth-order valence-corrected chi connectivity index (χ4v) is 2.86. The highest BCUT2D eigenvalue weighted by Crippen LogP contribution is 2.17. The van der Waals surface area contributed by atoms with Crippen LogP contribution in [0.1, 0.15) is 10.0 Å². The van der Waals surface area contributed by atoms with Crippen LogP contribution in [0.3, 0.4) is 0 Å². The molecule has 110 valence electrons. The van der Waals surface area contributed by atoms with Crippen molar-refractivity contribution in [2.75, 3.05) is 5.43 Å². The predicted molar refractivity (Wildman–Crippen MR) is 84.4 cm³/mol. The SMILES string of the molecule is O=[N+]([O-])c1ccc(NN=C(c2nccs2)c2nccs2)nc1. The Morgan fingerprint density at radius 2 is 1.82 bits per heavy atom. The Kier molecular flexibility index (Phi) is 4.12. The van der Waals surface area contributed by atoms with Gasteiger partial charge in [-0.05, 0) is 6.07 Å². The van der Waals surface area contributed by atoms with E-state index in [2.05, 4.69) is 25.5 Å². The molecule has 3 aromatic heterocycles. The third kappa shape index (κ3) is 3.13. The van der Waals surface area contributed by atoms with Crippen molar-refractivity contribution in [2.45, 2.75) is 0 Å². The van der Waals surface area contributed by atoms with Crippen molar-refractivity contribution in [2.24, 2.45) is 5.10 Å². The number of anilines is 1. The number of hydrazone groups is 1. The van der Waals surface area contributed by atoms with E-state index in [1.165, 1.54) is 41.0 Å². The number of hydrogen-bond acceptors (Lipinski definition) is 9. The van der Waals surface area contributed by atoms with E-state index >= 15 is 0 Å². The minimum absolute atomic E-state index is 0.0744. The van der Waals surface area contributed by atoms with E-state index in [0.717, 1.165) is 10.0 Å². The first-order valence-electron chi connectivity index (χ1n) is 5.98. The van der Waals surface area contributed by atoms with Crippen molar-refractivity contribution in [1.82, 2.24) is 15.0 Å². The van der Waals surface area contributed by atoms with Crippen molar-refractivity contribution in [3.8, 4) is 0 Å². The molecule has 0 atom stereocenters. The number of nitro groups is 1. The van der Waals surface area contributed by atoms with Crippen LogP contribution in [-0.2, 0) is 0 Å². The minimum Gasteiger partial charge on any atom is -0.261 e. The highest BCUT2D eigenvalue weighted by Gasteiger charge is 2.13. The standard InChI is InChI=1S/C12H8N6O2S2/c19-18(20)8-1-2-9(15-7-8)16-17-10(11-13-3-5-21-11)12-14-4-6-22-12/h1-7H,(H,15,16). The number of hydrogen-bond donors (Lipinski definition) is 1. The minimum atomic E-state index is -0.503. The smallest absolute Gasteiger partial charge is 0.261 e. The number of pyridine rings is 1. The summed E-state index contributed by atoms with van der Waals surface area (Å²) in [6.45, 7) is 0. The molecule has 0 radical (unpaired) electrons. The Morgan fingerprint density at radius 1 is 1.14 bits per heavy atom. The van der Waals surface area contributed by atoms with Crippen molar-refractivity contribution >= 4 is 39.9 Å². The Morgan fingerprint density at radius 3 is 2.27 bits per heavy atom. The topological polar surface area (TPSA) is 106 Å². The first-order valence-corrected chi connectivity index (χ1v) is 7.74. The van der Waals surface area contributed by atoms with Gasteiger partial charge in [-0.3, -0.25) is 15.5 Å². The van der Waals surface area contributed by atoms with Gasteiger partial charge >= 0.3 is 0 Å². The molecule has 0 aromatic carbocycles. The molecule has 0 unspecified atom stereocenters. The molecule has 0 aliphatic carbocycles. The maximum Gasteiger partial charge on any atom is 0.287 e. The molecular formula is C12H8N6O2S2. The van der Waals surface area contributed by atoms with E-state index in [1.807, 2.05) is 10.8 Å². The Bertz CT molecular complexity index is 747. The van der Waals surface area contributed by atoms with E-state index in [9.17, 15) is 10.1 Å². The molecule has 0 fully saturated rings. The summed E-state index contributed by atoms with van der Waals surface area (Å²) < 4.78 is 0. The van der Waals surface area contributed by atoms with Gasteiger partial charge in [-0.1, -0.05) is 0 Å². The van der Waals surface area contributed by atoms with Crippen LogP contribution in [-0.4, -0.2) is 25.6 Å². The number of nitrogens with one attached hydrogen (secondary N) is 1. The Hall–Kier alpha value is -2.72.